The Balaban J connectivity index is 2.05. The van der Waals surface area contributed by atoms with E-state index in [0.717, 1.165) is 5.56 Å². The molecule has 23 heavy (non-hydrogen) atoms. The summed E-state index contributed by atoms with van der Waals surface area (Å²) in [6.45, 7) is 2.44. The van der Waals surface area contributed by atoms with Crippen LogP contribution >= 0.6 is 0 Å². The van der Waals surface area contributed by atoms with Crippen molar-refractivity contribution in [2.75, 3.05) is 13.7 Å². The van der Waals surface area contributed by atoms with Crippen LogP contribution in [0.3, 0.4) is 0 Å². The molecule has 1 N–H and O–H groups in total. The maximum atomic E-state index is 12.9. The molecular formula is C16H20FN3O3. The molecular weight excluding hydrogens is 301 g/mol. The third kappa shape index (κ3) is 4.85. The van der Waals surface area contributed by atoms with Gasteiger partial charge in [-0.25, -0.2) is 9.40 Å². The fourth-order valence-electron chi connectivity index (χ4n) is 2.25. The molecule has 6 nitrogen and oxygen atoms in total. The zero-order valence-electron chi connectivity index (χ0n) is 13.2. The van der Waals surface area contributed by atoms with Gasteiger partial charge in [0.15, 0.2) is 0 Å². The standard InChI is InChI=1S/C16H20FN3O3/c1-11(10-23-2)18-16(22)14-7-8-15(21)20(19-14)9-12-3-5-13(17)6-4-12/h3-6,11H,7-10H2,1-2H3,(H,18,22)/t11-/m1/s1. The van der Waals surface area contributed by atoms with Gasteiger partial charge in [0, 0.05) is 26.0 Å². The molecule has 0 bridgehead atoms. The number of nitrogens with one attached hydrogen (secondary N) is 1. The zero-order chi connectivity index (χ0) is 16.8. The molecule has 1 aliphatic rings. The van der Waals surface area contributed by atoms with E-state index < -0.39 is 0 Å². The number of halogens is 1. The van der Waals surface area contributed by atoms with E-state index in [1.807, 2.05) is 6.92 Å². The van der Waals surface area contributed by atoms with E-state index in [2.05, 4.69) is 10.4 Å². The lowest BCUT2D eigenvalue weighted by Crippen LogP contribution is -2.43. The molecule has 1 aromatic carbocycles. The highest BCUT2D eigenvalue weighted by Gasteiger charge is 2.25. The molecule has 1 aliphatic heterocycles. The number of ether oxygens (including phenoxy) is 1. The molecule has 0 saturated heterocycles. The quantitative estimate of drug-likeness (QED) is 0.862. The van der Waals surface area contributed by atoms with Crippen LogP contribution in [0, 0.1) is 5.82 Å². The molecule has 2 rings (SSSR count). The predicted molar refractivity (Wildman–Crippen MR) is 83.1 cm³/mol. The van der Waals surface area contributed by atoms with Gasteiger partial charge in [0.05, 0.1) is 13.2 Å². The Hall–Kier alpha value is -2.28. The van der Waals surface area contributed by atoms with Crippen LogP contribution in [-0.4, -0.2) is 42.3 Å². The molecule has 0 aliphatic carbocycles. The lowest BCUT2D eigenvalue weighted by molar-refractivity contribution is -0.132. The van der Waals surface area contributed by atoms with Crippen molar-refractivity contribution in [3.8, 4) is 0 Å². The number of hydrazone groups is 1. The fourth-order valence-corrected chi connectivity index (χ4v) is 2.25. The summed E-state index contributed by atoms with van der Waals surface area (Å²) in [4.78, 5) is 24.1. The maximum absolute atomic E-state index is 12.9. The van der Waals surface area contributed by atoms with Crippen molar-refractivity contribution in [1.82, 2.24) is 10.3 Å². The Bertz CT molecular complexity index is 601. The first kappa shape index (κ1) is 17.1. The maximum Gasteiger partial charge on any atom is 0.267 e. The average molecular weight is 321 g/mol. The van der Waals surface area contributed by atoms with E-state index in [0.29, 0.717) is 18.7 Å². The molecule has 0 spiro atoms. The minimum absolute atomic E-state index is 0.140. The van der Waals surface area contributed by atoms with Crippen LogP contribution in [-0.2, 0) is 20.9 Å². The van der Waals surface area contributed by atoms with Crippen molar-refractivity contribution < 1.29 is 18.7 Å². The van der Waals surface area contributed by atoms with Crippen LogP contribution in [0.4, 0.5) is 4.39 Å². The molecule has 2 amide bonds. The lowest BCUT2D eigenvalue weighted by Gasteiger charge is -2.24. The molecule has 1 aromatic rings. The topological polar surface area (TPSA) is 71.0 Å². The molecule has 124 valence electrons. The predicted octanol–water partition coefficient (Wildman–Crippen LogP) is 1.46. The summed E-state index contributed by atoms with van der Waals surface area (Å²) in [6.07, 6.45) is 0.538. The number of methoxy groups -OCH3 is 1. The second-order valence-electron chi connectivity index (χ2n) is 5.45. The van der Waals surface area contributed by atoms with Crippen LogP contribution in [0.1, 0.15) is 25.3 Å². The van der Waals surface area contributed by atoms with Crippen LogP contribution in [0.25, 0.3) is 0 Å². The highest BCUT2D eigenvalue weighted by atomic mass is 19.1. The fraction of sp³-hybridized carbons (Fsp3) is 0.438. The largest absolute Gasteiger partial charge is 0.383 e. The summed E-state index contributed by atoms with van der Waals surface area (Å²) in [7, 11) is 1.56. The average Bonchev–Trinajstić information content (AvgIpc) is 2.51. The van der Waals surface area contributed by atoms with Gasteiger partial charge in [-0.3, -0.25) is 9.59 Å². The Kier molecular flexibility index (Phi) is 5.81. The smallest absolute Gasteiger partial charge is 0.267 e. The number of carbonyl (C=O) groups is 2. The molecule has 0 radical (unpaired) electrons. The first-order valence-corrected chi connectivity index (χ1v) is 7.41. The number of hydrogen-bond acceptors (Lipinski definition) is 4. The minimum atomic E-state index is -0.339. The van der Waals surface area contributed by atoms with Gasteiger partial charge in [-0.1, -0.05) is 12.1 Å². The van der Waals surface area contributed by atoms with E-state index in [-0.39, 0.29) is 36.6 Å². The number of nitrogens with zero attached hydrogens (tertiary/aromatic N) is 2. The highest BCUT2D eigenvalue weighted by molar-refractivity contribution is 6.39. The van der Waals surface area contributed by atoms with Crippen molar-refractivity contribution in [3.63, 3.8) is 0 Å². The number of hydrogen-bond donors (Lipinski definition) is 1. The van der Waals surface area contributed by atoms with Crippen molar-refractivity contribution in [1.29, 1.82) is 0 Å². The van der Waals surface area contributed by atoms with Gasteiger partial charge in [-0.2, -0.15) is 5.10 Å². The third-order valence-electron chi connectivity index (χ3n) is 3.41. The number of amides is 2. The molecule has 1 heterocycles. The Labute approximate surface area is 134 Å². The summed E-state index contributed by atoms with van der Waals surface area (Å²) < 4.78 is 17.9. The van der Waals surface area contributed by atoms with E-state index in [1.54, 1.807) is 19.2 Å². The molecule has 0 unspecified atom stereocenters. The van der Waals surface area contributed by atoms with Gasteiger partial charge in [0.25, 0.3) is 5.91 Å². The van der Waals surface area contributed by atoms with Gasteiger partial charge in [0.2, 0.25) is 5.91 Å². The molecule has 0 fully saturated rings. The van der Waals surface area contributed by atoms with Crippen LogP contribution in [0.5, 0.6) is 0 Å². The highest BCUT2D eigenvalue weighted by Crippen LogP contribution is 2.14. The molecule has 0 aromatic heterocycles. The number of rotatable bonds is 6. The van der Waals surface area contributed by atoms with Crippen LogP contribution < -0.4 is 5.32 Å². The van der Waals surface area contributed by atoms with Gasteiger partial charge >= 0.3 is 0 Å². The van der Waals surface area contributed by atoms with Crippen molar-refractivity contribution in [2.45, 2.75) is 32.4 Å². The van der Waals surface area contributed by atoms with E-state index in [4.69, 9.17) is 4.74 Å². The number of benzene rings is 1. The SMILES string of the molecule is COC[C@@H](C)NC(=O)C1=NN(Cc2ccc(F)cc2)C(=O)CC1. The van der Waals surface area contributed by atoms with Gasteiger partial charge in [0.1, 0.15) is 11.5 Å². The van der Waals surface area contributed by atoms with Crippen LogP contribution in [0.15, 0.2) is 29.4 Å². The Morgan fingerprint density at radius 2 is 2.09 bits per heavy atom. The van der Waals surface area contributed by atoms with Gasteiger partial charge < -0.3 is 10.1 Å². The van der Waals surface area contributed by atoms with E-state index in [9.17, 15) is 14.0 Å². The normalized spacial score (nSPS) is 16.0. The molecule has 1 atom stereocenters. The van der Waals surface area contributed by atoms with Gasteiger partial charge in [-0.05, 0) is 24.6 Å². The third-order valence-corrected chi connectivity index (χ3v) is 3.41. The van der Waals surface area contributed by atoms with Crippen molar-refractivity contribution in [2.24, 2.45) is 5.10 Å². The summed E-state index contributed by atoms with van der Waals surface area (Å²) in [6, 6.07) is 5.69. The van der Waals surface area contributed by atoms with Crippen LogP contribution in [0.2, 0.25) is 0 Å². The second-order valence-corrected chi connectivity index (χ2v) is 5.45. The molecule has 7 heteroatoms. The summed E-state index contributed by atoms with van der Waals surface area (Å²) >= 11 is 0. The summed E-state index contributed by atoms with van der Waals surface area (Å²) in [5, 5.41) is 8.18. The zero-order valence-corrected chi connectivity index (χ0v) is 13.2. The number of carbonyl (C=O) groups excluding carboxylic acids is 2. The second kappa shape index (κ2) is 7.82. The van der Waals surface area contributed by atoms with E-state index in [1.165, 1.54) is 17.1 Å². The van der Waals surface area contributed by atoms with E-state index >= 15 is 0 Å². The summed E-state index contributed by atoms with van der Waals surface area (Å²) in [5.41, 5.74) is 1.06. The Morgan fingerprint density at radius 1 is 1.39 bits per heavy atom. The minimum Gasteiger partial charge on any atom is -0.383 e. The first-order chi connectivity index (χ1) is 11.0. The van der Waals surface area contributed by atoms with Crippen molar-refractivity contribution >= 4 is 17.5 Å². The Morgan fingerprint density at radius 3 is 2.74 bits per heavy atom. The first-order valence-electron chi connectivity index (χ1n) is 7.41. The molecule has 0 saturated carbocycles. The lowest BCUT2D eigenvalue weighted by atomic mass is 10.1. The van der Waals surface area contributed by atoms with Gasteiger partial charge in [-0.15, -0.1) is 0 Å². The summed E-state index contributed by atoms with van der Waals surface area (Å²) in [5.74, 6) is -0.795. The van der Waals surface area contributed by atoms with Crippen molar-refractivity contribution in [3.05, 3.63) is 35.6 Å². The monoisotopic (exact) mass is 321 g/mol.